The number of likely N-dealkylation sites (N-methyl/N-ethyl adjacent to an activating group) is 1. The highest BCUT2D eigenvalue weighted by molar-refractivity contribution is 6.45. The van der Waals surface area contributed by atoms with Crippen LogP contribution in [0.5, 0.6) is 5.75 Å². The van der Waals surface area contributed by atoms with E-state index >= 15 is 0 Å². The monoisotopic (exact) mass is 296 g/mol. The van der Waals surface area contributed by atoms with Gasteiger partial charge in [0.05, 0.1) is 12.3 Å². The molecule has 0 spiro atoms. The lowest BCUT2D eigenvalue weighted by molar-refractivity contribution is 0.105. The van der Waals surface area contributed by atoms with Crippen LogP contribution in [0.4, 0.5) is 5.69 Å². The number of ketones is 1. The summed E-state index contributed by atoms with van der Waals surface area (Å²) >= 11 is 0. The number of hydrogen-bond donors (Lipinski definition) is 0. The lowest BCUT2D eigenvalue weighted by Crippen LogP contribution is -2.30. The van der Waals surface area contributed by atoms with Crippen molar-refractivity contribution in [1.29, 1.82) is 0 Å². The summed E-state index contributed by atoms with van der Waals surface area (Å²) < 4.78 is 5.39. The Labute approximate surface area is 131 Å². The Morgan fingerprint density at radius 1 is 1.05 bits per heavy atom. The van der Waals surface area contributed by atoms with Gasteiger partial charge in [0.15, 0.2) is 5.84 Å². The van der Waals surface area contributed by atoms with Gasteiger partial charge < -0.3 is 9.64 Å². The van der Waals surface area contributed by atoms with Crippen LogP contribution >= 0.6 is 0 Å². The van der Waals surface area contributed by atoms with Crippen LogP contribution in [-0.2, 0) is 0 Å². The topological polar surface area (TPSA) is 41.9 Å². The number of aliphatic imine (C=N–C) groups is 1. The maximum Gasteiger partial charge on any atom is 0.228 e. The Kier molecular flexibility index (Phi) is 5.31. The van der Waals surface area contributed by atoms with Crippen molar-refractivity contribution in [3.63, 3.8) is 0 Å². The van der Waals surface area contributed by atoms with E-state index in [0.717, 1.165) is 11.4 Å². The number of Topliss-reactive ketones (excluding diaryl/α,β-unsaturated/α-hetero) is 1. The molecule has 0 atom stereocenters. The van der Waals surface area contributed by atoms with E-state index in [1.54, 1.807) is 29.2 Å². The molecular weight excluding hydrogens is 276 g/mol. The number of nitrogens with zero attached hydrogens (tertiary/aromatic N) is 2. The summed E-state index contributed by atoms with van der Waals surface area (Å²) in [6, 6.07) is 16.6. The van der Waals surface area contributed by atoms with E-state index in [2.05, 4.69) is 4.99 Å². The van der Waals surface area contributed by atoms with Crippen molar-refractivity contribution in [2.24, 2.45) is 4.99 Å². The predicted octanol–water partition coefficient (Wildman–Crippen LogP) is 3.56. The number of ether oxygens (including phenoxy) is 1. The van der Waals surface area contributed by atoms with Gasteiger partial charge in [-0.3, -0.25) is 4.79 Å². The molecule has 0 unspecified atom stereocenters. The zero-order valence-electron chi connectivity index (χ0n) is 13.1. The third kappa shape index (κ3) is 3.95. The summed E-state index contributed by atoms with van der Waals surface area (Å²) in [4.78, 5) is 18.8. The van der Waals surface area contributed by atoms with Crippen LogP contribution in [0.3, 0.4) is 0 Å². The molecule has 2 aromatic rings. The summed E-state index contributed by atoms with van der Waals surface area (Å²) in [7, 11) is 3.63. The van der Waals surface area contributed by atoms with Crippen molar-refractivity contribution in [2.45, 2.75) is 6.92 Å². The lowest BCUT2D eigenvalue weighted by Gasteiger charge is -2.15. The molecule has 0 aliphatic heterocycles. The number of hydrogen-bond acceptors (Lipinski definition) is 3. The number of carbonyl (C=O) groups excluding carboxylic acids is 1. The standard InChI is InChI=1S/C18H20N2O2/c1-4-22-16-12-10-14(11-13-16)17(21)18(20(2)3)19-15-8-6-5-7-9-15/h5-13H,4H2,1-3H3. The number of carbonyl (C=O) groups is 1. The Bertz CT molecular complexity index is 647. The summed E-state index contributed by atoms with van der Waals surface area (Å²) in [6.45, 7) is 2.53. The van der Waals surface area contributed by atoms with Crippen LogP contribution in [-0.4, -0.2) is 37.2 Å². The molecule has 0 saturated heterocycles. The Hall–Kier alpha value is -2.62. The Morgan fingerprint density at radius 3 is 2.23 bits per heavy atom. The van der Waals surface area contributed by atoms with Gasteiger partial charge in [0.2, 0.25) is 5.78 Å². The number of benzene rings is 2. The van der Waals surface area contributed by atoms with Gasteiger partial charge in [0.1, 0.15) is 5.75 Å². The minimum absolute atomic E-state index is 0.114. The maximum atomic E-state index is 12.6. The van der Waals surface area contributed by atoms with Crippen LogP contribution in [0.25, 0.3) is 0 Å². The van der Waals surface area contributed by atoms with Gasteiger partial charge in [0, 0.05) is 19.7 Å². The van der Waals surface area contributed by atoms with Gasteiger partial charge in [-0.1, -0.05) is 18.2 Å². The first-order valence-electron chi connectivity index (χ1n) is 7.20. The van der Waals surface area contributed by atoms with Crippen LogP contribution in [0.15, 0.2) is 59.6 Å². The van der Waals surface area contributed by atoms with E-state index in [0.29, 0.717) is 18.0 Å². The van der Waals surface area contributed by atoms with Gasteiger partial charge in [0.25, 0.3) is 0 Å². The number of para-hydroxylation sites is 1. The molecule has 0 saturated carbocycles. The molecule has 0 bridgehead atoms. The zero-order valence-corrected chi connectivity index (χ0v) is 13.1. The molecule has 0 radical (unpaired) electrons. The minimum Gasteiger partial charge on any atom is -0.494 e. The number of amidine groups is 1. The van der Waals surface area contributed by atoms with E-state index in [1.807, 2.05) is 51.4 Å². The third-order valence-corrected chi connectivity index (χ3v) is 3.05. The molecule has 114 valence electrons. The van der Waals surface area contributed by atoms with E-state index < -0.39 is 0 Å². The molecule has 2 rings (SSSR count). The number of rotatable bonds is 5. The smallest absolute Gasteiger partial charge is 0.228 e. The van der Waals surface area contributed by atoms with E-state index in [-0.39, 0.29) is 5.78 Å². The predicted molar refractivity (Wildman–Crippen MR) is 89.2 cm³/mol. The fraction of sp³-hybridized carbons (Fsp3) is 0.222. The highest BCUT2D eigenvalue weighted by Crippen LogP contribution is 2.16. The molecular formula is C18H20N2O2. The molecule has 0 heterocycles. The van der Waals surface area contributed by atoms with Gasteiger partial charge in [-0.05, 0) is 43.3 Å². The van der Waals surface area contributed by atoms with Gasteiger partial charge in [-0.2, -0.15) is 0 Å². The van der Waals surface area contributed by atoms with Crippen molar-refractivity contribution in [3.8, 4) is 5.75 Å². The average Bonchev–Trinajstić information content (AvgIpc) is 2.54. The largest absolute Gasteiger partial charge is 0.494 e. The lowest BCUT2D eigenvalue weighted by atomic mass is 10.1. The van der Waals surface area contributed by atoms with Crippen molar-refractivity contribution in [3.05, 3.63) is 60.2 Å². The van der Waals surface area contributed by atoms with E-state index in [4.69, 9.17) is 4.74 Å². The normalized spacial score (nSPS) is 11.1. The second-order valence-electron chi connectivity index (χ2n) is 4.95. The SMILES string of the molecule is CCOc1ccc(C(=O)C(=Nc2ccccc2)N(C)C)cc1. The van der Waals surface area contributed by atoms with Crippen LogP contribution in [0.2, 0.25) is 0 Å². The molecule has 0 N–H and O–H groups in total. The van der Waals surface area contributed by atoms with Crippen LogP contribution < -0.4 is 4.74 Å². The second kappa shape index (κ2) is 7.41. The first-order valence-corrected chi connectivity index (χ1v) is 7.20. The Morgan fingerprint density at radius 2 is 1.68 bits per heavy atom. The fourth-order valence-corrected chi connectivity index (χ4v) is 1.98. The van der Waals surface area contributed by atoms with Gasteiger partial charge in [-0.25, -0.2) is 4.99 Å². The highest BCUT2D eigenvalue weighted by atomic mass is 16.5. The molecule has 0 aliphatic rings. The quantitative estimate of drug-likeness (QED) is 0.481. The summed E-state index contributed by atoms with van der Waals surface area (Å²) in [5, 5.41) is 0. The van der Waals surface area contributed by atoms with Crippen molar-refractivity contribution >= 4 is 17.3 Å². The van der Waals surface area contributed by atoms with Gasteiger partial charge in [-0.15, -0.1) is 0 Å². The third-order valence-electron chi connectivity index (χ3n) is 3.05. The van der Waals surface area contributed by atoms with Crippen molar-refractivity contribution < 1.29 is 9.53 Å². The average molecular weight is 296 g/mol. The summed E-state index contributed by atoms with van der Waals surface area (Å²) in [6.07, 6.45) is 0. The highest BCUT2D eigenvalue weighted by Gasteiger charge is 2.16. The molecule has 4 nitrogen and oxygen atoms in total. The molecule has 0 aliphatic carbocycles. The van der Waals surface area contributed by atoms with Crippen LogP contribution in [0, 0.1) is 0 Å². The van der Waals surface area contributed by atoms with Crippen molar-refractivity contribution in [2.75, 3.05) is 20.7 Å². The van der Waals surface area contributed by atoms with E-state index in [9.17, 15) is 4.79 Å². The van der Waals surface area contributed by atoms with Crippen LogP contribution in [0.1, 0.15) is 17.3 Å². The minimum atomic E-state index is -0.114. The molecule has 4 heteroatoms. The van der Waals surface area contributed by atoms with E-state index in [1.165, 1.54) is 0 Å². The summed E-state index contributed by atoms with van der Waals surface area (Å²) in [5.41, 5.74) is 1.34. The zero-order chi connectivity index (χ0) is 15.9. The first kappa shape index (κ1) is 15.8. The summed E-state index contributed by atoms with van der Waals surface area (Å²) in [5.74, 6) is 1.04. The molecule has 0 aromatic heterocycles. The maximum absolute atomic E-state index is 12.6. The molecule has 0 amide bonds. The molecule has 0 fully saturated rings. The molecule has 2 aromatic carbocycles. The van der Waals surface area contributed by atoms with Gasteiger partial charge >= 0.3 is 0 Å². The first-order chi connectivity index (χ1) is 10.6. The molecule has 22 heavy (non-hydrogen) atoms. The Balaban J connectivity index is 2.29. The second-order valence-corrected chi connectivity index (χ2v) is 4.95. The van der Waals surface area contributed by atoms with Crippen molar-refractivity contribution in [1.82, 2.24) is 4.90 Å². The fourth-order valence-electron chi connectivity index (χ4n) is 1.98.